The van der Waals surface area contributed by atoms with E-state index in [1.54, 1.807) is 0 Å². The summed E-state index contributed by atoms with van der Waals surface area (Å²) in [5.74, 6) is 0.929. The van der Waals surface area contributed by atoms with Gasteiger partial charge in [-0.15, -0.1) is 0 Å². The quantitative estimate of drug-likeness (QED) is 0.185. The zero-order chi connectivity index (χ0) is 31.3. The lowest BCUT2D eigenvalue weighted by atomic mass is 9.83. The number of nitrogens with zero attached hydrogens (tertiary/aromatic N) is 1. The van der Waals surface area contributed by atoms with E-state index in [1.807, 2.05) is 6.07 Å². The highest BCUT2D eigenvalue weighted by Crippen LogP contribution is 2.44. The highest BCUT2D eigenvalue weighted by molar-refractivity contribution is 6.08. The number of rotatable bonds is 5. The summed E-state index contributed by atoms with van der Waals surface area (Å²) in [6.07, 6.45) is 0. The molecule has 0 saturated carbocycles. The molecule has 1 heterocycles. The van der Waals surface area contributed by atoms with Crippen LogP contribution in [0.5, 0.6) is 0 Å². The number of anilines is 3. The van der Waals surface area contributed by atoms with Crippen LogP contribution in [-0.2, 0) is 5.41 Å². The van der Waals surface area contributed by atoms with Crippen molar-refractivity contribution in [1.29, 1.82) is 0 Å². The molecule has 0 radical (unpaired) electrons. The molecule has 2 heteroatoms. The van der Waals surface area contributed by atoms with Crippen LogP contribution < -0.4 is 4.90 Å². The number of benzene rings is 7. The second-order valence-corrected chi connectivity index (χ2v) is 13.0. The normalized spacial score (nSPS) is 11.8. The lowest BCUT2D eigenvalue weighted by Crippen LogP contribution is -2.12. The molecule has 7 aromatic carbocycles. The molecule has 0 saturated heterocycles. The van der Waals surface area contributed by atoms with Crippen molar-refractivity contribution in [2.45, 2.75) is 26.2 Å². The van der Waals surface area contributed by atoms with Crippen molar-refractivity contribution in [3.05, 3.63) is 163 Å². The first-order valence-electron chi connectivity index (χ1n) is 15.9. The van der Waals surface area contributed by atoms with Crippen molar-refractivity contribution in [1.82, 2.24) is 0 Å². The van der Waals surface area contributed by atoms with Crippen LogP contribution in [0.3, 0.4) is 0 Å². The van der Waals surface area contributed by atoms with Gasteiger partial charge in [0.05, 0.1) is 0 Å². The van der Waals surface area contributed by atoms with E-state index < -0.39 is 0 Å². The SMILES string of the molecule is CC(C)(C)c1c(-c2cccc(N(c3cccc(-c4ccccc4)c3)c3ccc4c(ccc5ccccc54)c3)c2)oc2ccccc12. The van der Waals surface area contributed by atoms with Gasteiger partial charge in [0, 0.05) is 33.6 Å². The van der Waals surface area contributed by atoms with E-state index in [1.165, 1.54) is 43.6 Å². The van der Waals surface area contributed by atoms with Crippen LogP contribution >= 0.6 is 0 Å². The second-order valence-electron chi connectivity index (χ2n) is 13.0. The summed E-state index contributed by atoms with van der Waals surface area (Å²) in [7, 11) is 0. The Labute approximate surface area is 270 Å². The van der Waals surface area contributed by atoms with Gasteiger partial charge in [0.1, 0.15) is 11.3 Å². The first-order chi connectivity index (χ1) is 22.4. The highest BCUT2D eigenvalue weighted by atomic mass is 16.3. The Morgan fingerprint density at radius 2 is 1.02 bits per heavy atom. The molecular weight excluding hydrogens is 558 g/mol. The maximum absolute atomic E-state index is 6.61. The van der Waals surface area contributed by atoms with Crippen molar-refractivity contribution in [2.24, 2.45) is 0 Å². The first-order valence-corrected chi connectivity index (χ1v) is 15.9. The number of hydrogen-bond donors (Lipinski definition) is 0. The summed E-state index contributed by atoms with van der Waals surface area (Å²) in [5, 5.41) is 6.16. The summed E-state index contributed by atoms with van der Waals surface area (Å²) < 4.78 is 6.61. The van der Waals surface area contributed by atoms with E-state index in [0.717, 1.165) is 34.0 Å². The Balaban J connectivity index is 1.33. The van der Waals surface area contributed by atoms with Gasteiger partial charge in [-0.05, 0) is 80.6 Å². The monoisotopic (exact) mass is 593 g/mol. The van der Waals surface area contributed by atoms with Gasteiger partial charge in [0.15, 0.2) is 0 Å². The predicted molar refractivity (Wildman–Crippen MR) is 195 cm³/mol. The maximum Gasteiger partial charge on any atom is 0.139 e. The minimum Gasteiger partial charge on any atom is -0.456 e. The summed E-state index contributed by atoms with van der Waals surface area (Å²) in [4.78, 5) is 2.37. The largest absolute Gasteiger partial charge is 0.456 e. The number of furan rings is 1. The Bertz CT molecular complexity index is 2360. The molecule has 0 amide bonds. The fourth-order valence-corrected chi connectivity index (χ4v) is 6.82. The van der Waals surface area contributed by atoms with E-state index in [4.69, 9.17) is 4.42 Å². The van der Waals surface area contributed by atoms with Gasteiger partial charge in [0.25, 0.3) is 0 Å². The van der Waals surface area contributed by atoms with Crippen LogP contribution in [-0.4, -0.2) is 0 Å². The van der Waals surface area contributed by atoms with Crippen molar-refractivity contribution in [3.63, 3.8) is 0 Å². The predicted octanol–water partition coefficient (Wildman–Crippen LogP) is 12.8. The van der Waals surface area contributed by atoms with Gasteiger partial charge in [-0.3, -0.25) is 0 Å². The first kappa shape index (κ1) is 27.9. The highest BCUT2D eigenvalue weighted by Gasteiger charge is 2.26. The van der Waals surface area contributed by atoms with Gasteiger partial charge in [-0.25, -0.2) is 0 Å². The fourth-order valence-electron chi connectivity index (χ4n) is 6.82. The second kappa shape index (κ2) is 11.1. The van der Waals surface area contributed by atoms with E-state index in [2.05, 4.69) is 177 Å². The van der Waals surface area contributed by atoms with Crippen LogP contribution in [0.1, 0.15) is 26.3 Å². The summed E-state index contributed by atoms with van der Waals surface area (Å²) in [6.45, 7) is 6.79. The minimum absolute atomic E-state index is 0.0945. The molecule has 0 aliphatic carbocycles. The Morgan fingerprint density at radius 3 is 1.80 bits per heavy atom. The molecule has 0 aliphatic heterocycles. The molecular formula is C44H35NO. The molecule has 1 aromatic heterocycles. The molecule has 0 fully saturated rings. The topological polar surface area (TPSA) is 16.4 Å². The molecule has 2 nitrogen and oxygen atoms in total. The summed E-state index contributed by atoms with van der Waals surface area (Å²) in [6, 6.07) is 56.5. The molecule has 222 valence electrons. The number of fused-ring (bicyclic) bond motifs is 4. The van der Waals surface area contributed by atoms with Gasteiger partial charge < -0.3 is 9.32 Å². The average Bonchev–Trinajstić information content (AvgIpc) is 3.50. The van der Waals surface area contributed by atoms with Crippen LogP contribution in [0.2, 0.25) is 0 Å². The van der Waals surface area contributed by atoms with Crippen LogP contribution in [0, 0.1) is 0 Å². The van der Waals surface area contributed by atoms with Crippen LogP contribution in [0.4, 0.5) is 17.1 Å². The van der Waals surface area contributed by atoms with Crippen LogP contribution in [0.25, 0.3) is 55.0 Å². The summed E-state index contributed by atoms with van der Waals surface area (Å²) in [5.41, 5.74) is 8.77. The van der Waals surface area contributed by atoms with Crippen molar-refractivity contribution >= 4 is 49.6 Å². The molecule has 46 heavy (non-hydrogen) atoms. The van der Waals surface area contributed by atoms with Gasteiger partial charge in [-0.1, -0.05) is 136 Å². The lowest BCUT2D eigenvalue weighted by Gasteiger charge is -2.27. The summed E-state index contributed by atoms with van der Waals surface area (Å²) >= 11 is 0. The Hall–Kier alpha value is -5.60. The van der Waals surface area contributed by atoms with Crippen molar-refractivity contribution in [2.75, 3.05) is 4.90 Å². The zero-order valence-electron chi connectivity index (χ0n) is 26.4. The number of para-hydroxylation sites is 1. The molecule has 0 bridgehead atoms. The third-order valence-corrected chi connectivity index (χ3v) is 8.91. The third-order valence-electron chi connectivity index (χ3n) is 8.91. The van der Waals surface area contributed by atoms with E-state index in [9.17, 15) is 0 Å². The van der Waals surface area contributed by atoms with Gasteiger partial charge >= 0.3 is 0 Å². The van der Waals surface area contributed by atoms with E-state index >= 15 is 0 Å². The molecule has 0 aliphatic rings. The maximum atomic E-state index is 6.61. The molecule has 8 aromatic rings. The Morgan fingerprint density at radius 1 is 0.435 bits per heavy atom. The molecule has 0 N–H and O–H groups in total. The smallest absolute Gasteiger partial charge is 0.139 e. The fraction of sp³-hybridized carbons (Fsp3) is 0.0909. The zero-order valence-corrected chi connectivity index (χ0v) is 26.4. The van der Waals surface area contributed by atoms with Crippen molar-refractivity contribution < 1.29 is 4.42 Å². The Kier molecular flexibility index (Phi) is 6.73. The molecule has 0 unspecified atom stereocenters. The standard InChI is InChI=1S/C44H35NO/c1-44(2,3)42-40-21-9-10-22-41(40)46-43(42)34-17-12-19-36(29-34)45(35-18-11-16-32(27-35)30-13-5-4-6-14-30)37-25-26-39-33(28-37)24-23-31-15-7-8-20-38(31)39/h4-29H,1-3H3. The molecule has 0 atom stereocenters. The third kappa shape index (κ3) is 4.93. The van der Waals surface area contributed by atoms with Crippen LogP contribution in [0.15, 0.2) is 162 Å². The lowest BCUT2D eigenvalue weighted by molar-refractivity contribution is 0.568. The number of hydrogen-bond acceptors (Lipinski definition) is 2. The average molecular weight is 594 g/mol. The van der Waals surface area contributed by atoms with Crippen molar-refractivity contribution in [3.8, 4) is 22.5 Å². The van der Waals surface area contributed by atoms with E-state index in [-0.39, 0.29) is 5.41 Å². The van der Waals surface area contributed by atoms with E-state index in [0.29, 0.717) is 0 Å². The van der Waals surface area contributed by atoms with Gasteiger partial charge in [0.2, 0.25) is 0 Å². The molecule has 8 rings (SSSR count). The van der Waals surface area contributed by atoms with Gasteiger partial charge in [-0.2, -0.15) is 0 Å². The minimum atomic E-state index is -0.0945. The molecule has 0 spiro atoms.